The molecule has 0 radical (unpaired) electrons. The van der Waals surface area contributed by atoms with Crippen molar-refractivity contribution >= 4 is 40.4 Å². The quantitative estimate of drug-likeness (QED) is 0.359. The van der Waals surface area contributed by atoms with Crippen molar-refractivity contribution in [2.75, 3.05) is 11.8 Å². The summed E-state index contributed by atoms with van der Waals surface area (Å²) in [6.45, 7) is 1.77. The predicted molar refractivity (Wildman–Crippen MR) is 114 cm³/mol. The molecule has 0 aliphatic carbocycles. The number of aryl methyl sites for hydroxylation is 1. The summed E-state index contributed by atoms with van der Waals surface area (Å²) in [5.74, 6) is 5.58. The van der Waals surface area contributed by atoms with Gasteiger partial charge in [0, 0.05) is 23.3 Å². The number of anilines is 1. The smallest absolute Gasteiger partial charge is 0.229 e. The van der Waals surface area contributed by atoms with Crippen LogP contribution in [0.4, 0.5) is 10.2 Å². The standard InChI is InChI=1S/C20H14ClFN6OS/c1-11-15(21)8-16(20(26-11)29-2)30-28-19-17(22)13(5-6-23-19)4-3-12-7-14-10-25-27-18(14)24-9-12/h5-10H,1-2H3,(H,23,28)(H,24,25,27). The van der Waals surface area contributed by atoms with Gasteiger partial charge in [0.1, 0.15) is 0 Å². The number of aromatic nitrogens is 5. The van der Waals surface area contributed by atoms with Crippen LogP contribution in [0.5, 0.6) is 5.88 Å². The maximum Gasteiger partial charge on any atom is 0.229 e. The lowest BCUT2D eigenvalue weighted by atomic mass is 10.2. The number of pyridine rings is 3. The third-order valence-corrected chi connectivity index (χ3v) is 5.25. The van der Waals surface area contributed by atoms with Gasteiger partial charge in [-0.25, -0.2) is 19.3 Å². The number of nitrogens with one attached hydrogen (secondary N) is 2. The van der Waals surface area contributed by atoms with Crippen LogP contribution in [-0.2, 0) is 0 Å². The number of halogens is 2. The SMILES string of the molecule is COc1nc(C)c(Cl)cc1SNc1nccc(C#Cc2cnc3[nH]ncc3c2)c1F. The van der Waals surface area contributed by atoms with Gasteiger partial charge in [0.15, 0.2) is 17.3 Å². The maximum absolute atomic E-state index is 14.9. The Bertz CT molecular complexity index is 1300. The summed E-state index contributed by atoms with van der Waals surface area (Å²) < 4.78 is 23.0. The molecule has 2 N–H and O–H groups in total. The van der Waals surface area contributed by atoms with Crippen LogP contribution >= 0.6 is 23.5 Å². The van der Waals surface area contributed by atoms with Crippen LogP contribution < -0.4 is 9.46 Å². The predicted octanol–water partition coefficient (Wildman–Crippen LogP) is 4.38. The molecule has 0 fully saturated rings. The van der Waals surface area contributed by atoms with Crippen molar-refractivity contribution in [2.45, 2.75) is 11.8 Å². The van der Waals surface area contributed by atoms with Crippen molar-refractivity contribution in [3.05, 3.63) is 64.5 Å². The molecule has 4 rings (SSSR count). The molecule has 10 heteroatoms. The van der Waals surface area contributed by atoms with E-state index in [-0.39, 0.29) is 11.4 Å². The summed E-state index contributed by atoms with van der Waals surface area (Å²) >= 11 is 7.23. The Morgan fingerprint density at radius 1 is 1.23 bits per heavy atom. The van der Waals surface area contributed by atoms with Crippen LogP contribution in [-0.4, -0.2) is 32.3 Å². The van der Waals surface area contributed by atoms with Gasteiger partial charge in [-0.05, 0) is 37.1 Å². The van der Waals surface area contributed by atoms with Crippen molar-refractivity contribution in [3.8, 4) is 17.7 Å². The summed E-state index contributed by atoms with van der Waals surface area (Å²) in [6, 6.07) is 5.03. The van der Waals surface area contributed by atoms with E-state index in [9.17, 15) is 4.39 Å². The Balaban J connectivity index is 1.56. The van der Waals surface area contributed by atoms with Gasteiger partial charge in [0.2, 0.25) is 5.88 Å². The summed E-state index contributed by atoms with van der Waals surface area (Å²) in [4.78, 5) is 13.1. The van der Waals surface area contributed by atoms with Crippen LogP contribution in [0.25, 0.3) is 11.0 Å². The zero-order chi connectivity index (χ0) is 21.1. The minimum Gasteiger partial charge on any atom is -0.480 e. The van der Waals surface area contributed by atoms with Crippen LogP contribution in [0.15, 0.2) is 41.7 Å². The minimum absolute atomic E-state index is 0.0361. The van der Waals surface area contributed by atoms with E-state index in [2.05, 4.69) is 41.7 Å². The van der Waals surface area contributed by atoms with Crippen molar-refractivity contribution < 1.29 is 9.13 Å². The fraction of sp³-hybridized carbons (Fsp3) is 0.100. The molecule has 0 amide bonds. The Labute approximate surface area is 180 Å². The van der Waals surface area contributed by atoms with Gasteiger partial charge in [-0.15, -0.1) is 0 Å². The lowest BCUT2D eigenvalue weighted by Crippen LogP contribution is -1.99. The van der Waals surface area contributed by atoms with Crippen LogP contribution in [0.3, 0.4) is 0 Å². The molecule has 0 aromatic carbocycles. The second kappa shape index (κ2) is 8.57. The number of aromatic amines is 1. The molecule has 4 aromatic heterocycles. The number of H-pyrrole nitrogens is 1. The Morgan fingerprint density at radius 3 is 2.93 bits per heavy atom. The second-order valence-corrected chi connectivity index (χ2v) is 7.33. The lowest BCUT2D eigenvalue weighted by molar-refractivity contribution is 0.386. The highest BCUT2D eigenvalue weighted by Crippen LogP contribution is 2.32. The van der Waals surface area contributed by atoms with Gasteiger partial charge in [0.25, 0.3) is 0 Å². The monoisotopic (exact) mass is 440 g/mol. The van der Waals surface area contributed by atoms with Gasteiger partial charge in [-0.2, -0.15) is 5.10 Å². The van der Waals surface area contributed by atoms with E-state index in [0.717, 1.165) is 17.3 Å². The van der Waals surface area contributed by atoms with Gasteiger partial charge in [-0.3, -0.25) is 5.10 Å². The van der Waals surface area contributed by atoms with Gasteiger partial charge >= 0.3 is 0 Å². The fourth-order valence-corrected chi connectivity index (χ4v) is 3.48. The first kappa shape index (κ1) is 19.9. The third-order valence-electron chi connectivity index (χ3n) is 4.06. The fourth-order valence-electron chi connectivity index (χ4n) is 2.52. The van der Waals surface area contributed by atoms with Crippen molar-refractivity contribution in [1.29, 1.82) is 0 Å². The molecule has 4 heterocycles. The first-order chi connectivity index (χ1) is 14.5. The third kappa shape index (κ3) is 4.15. The van der Waals surface area contributed by atoms with E-state index in [1.54, 1.807) is 25.4 Å². The molecule has 0 bridgehead atoms. The molecule has 4 aromatic rings. The maximum atomic E-state index is 14.9. The van der Waals surface area contributed by atoms with E-state index >= 15 is 0 Å². The number of rotatable bonds is 4. The molecular formula is C20H14ClFN6OS. The summed E-state index contributed by atoms with van der Waals surface area (Å²) in [5.41, 5.74) is 2.16. The first-order valence-corrected chi connectivity index (χ1v) is 9.84. The molecule has 0 atom stereocenters. The first-order valence-electron chi connectivity index (χ1n) is 8.65. The van der Waals surface area contributed by atoms with Crippen LogP contribution in [0, 0.1) is 24.6 Å². The molecule has 0 unspecified atom stereocenters. The Morgan fingerprint density at radius 2 is 2.10 bits per heavy atom. The zero-order valence-corrected chi connectivity index (χ0v) is 17.4. The topological polar surface area (TPSA) is 88.6 Å². The highest BCUT2D eigenvalue weighted by Gasteiger charge is 2.13. The minimum atomic E-state index is -0.569. The van der Waals surface area contributed by atoms with Crippen molar-refractivity contribution in [1.82, 2.24) is 25.1 Å². The van der Waals surface area contributed by atoms with E-state index in [4.69, 9.17) is 16.3 Å². The number of nitrogens with zero attached hydrogens (tertiary/aromatic N) is 4. The molecule has 7 nitrogen and oxygen atoms in total. The summed E-state index contributed by atoms with van der Waals surface area (Å²) in [5, 5.41) is 8.00. The lowest BCUT2D eigenvalue weighted by Gasteiger charge is -2.10. The van der Waals surface area contributed by atoms with E-state index in [0.29, 0.717) is 32.7 Å². The highest BCUT2D eigenvalue weighted by atomic mass is 35.5. The second-order valence-electron chi connectivity index (χ2n) is 6.07. The summed E-state index contributed by atoms with van der Waals surface area (Å²) in [7, 11) is 1.50. The normalized spacial score (nSPS) is 10.5. The molecule has 0 saturated carbocycles. The number of ether oxygens (including phenoxy) is 1. The van der Waals surface area contributed by atoms with Gasteiger partial charge < -0.3 is 9.46 Å². The van der Waals surface area contributed by atoms with E-state index in [1.807, 2.05) is 6.07 Å². The molecular weight excluding hydrogens is 427 g/mol. The average molecular weight is 441 g/mol. The molecule has 0 aliphatic rings. The number of fused-ring (bicyclic) bond motifs is 1. The number of methoxy groups -OCH3 is 1. The van der Waals surface area contributed by atoms with Crippen LogP contribution in [0.2, 0.25) is 5.02 Å². The number of hydrogen-bond donors (Lipinski definition) is 2. The van der Waals surface area contributed by atoms with Crippen LogP contribution in [0.1, 0.15) is 16.8 Å². The van der Waals surface area contributed by atoms with Gasteiger partial charge in [0.05, 0.1) is 34.5 Å². The Hall–Kier alpha value is -3.35. The number of hydrogen-bond acceptors (Lipinski definition) is 7. The van der Waals surface area contributed by atoms with E-state index < -0.39 is 5.82 Å². The zero-order valence-electron chi connectivity index (χ0n) is 15.8. The van der Waals surface area contributed by atoms with E-state index in [1.165, 1.54) is 19.4 Å². The van der Waals surface area contributed by atoms with Gasteiger partial charge in [-0.1, -0.05) is 23.4 Å². The van der Waals surface area contributed by atoms with Crippen molar-refractivity contribution in [3.63, 3.8) is 0 Å². The Kier molecular flexibility index (Phi) is 5.70. The largest absolute Gasteiger partial charge is 0.480 e. The highest BCUT2D eigenvalue weighted by molar-refractivity contribution is 8.00. The molecule has 0 saturated heterocycles. The molecule has 150 valence electrons. The molecule has 0 spiro atoms. The molecule has 0 aliphatic heterocycles. The summed E-state index contributed by atoms with van der Waals surface area (Å²) in [6.07, 6.45) is 4.73. The van der Waals surface area contributed by atoms with Crippen molar-refractivity contribution in [2.24, 2.45) is 0 Å². The molecule has 30 heavy (non-hydrogen) atoms. The average Bonchev–Trinajstić information content (AvgIpc) is 3.22.